The first-order chi connectivity index (χ1) is 9.13. The molecule has 100 valence electrons. The van der Waals surface area contributed by atoms with Crippen molar-refractivity contribution in [1.29, 1.82) is 0 Å². The van der Waals surface area contributed by atoms with Gasteiger partial charge in [-0.05, 0) is 24.6 Å². The van der Waals surface area contributed by atoms with Crippen LogP contribution in [-0.4, -0.2) is 29.3 Å². The van der Waals surface area contributed by atoms with Crippen molar-refractivity contribution in [3.05, 3.63) is 34.3 Å². The molecule has 0 radical (unpaired) electrons. The third-order valence-corrected chi connectivity index (χ3v) is 3.90. The minimum Gasteiger partial charge on any atom is -0.354 e. The van der Waals surface area contributed by atoms with E-state index < -0.39 is 0 Å². The maximum Gasteiger partial charge on any atom is 0.151 e. The summed E-state index contributed by atoms with van der Waals surface area (Å²) in [6.45, 7) is 1.78. The Labute approximate surface area is 121 Å². The number of hydrogen-bond donors (Lipinski definition) is 2. The molecule has 19 heavy (non-hydrogen) atoms. The third-order valence-electron chi connectivity index (χ3n) is 3.33. The Kier molecular flexibility index (Phi) is 3.39. The lowest BCUT2D eigenvalue weighted by molar-refractivity contribution is 0.751. The van der Waals surface area contributed by atoms with Crippen LogP contribution in [0.4, 0.5) is 5.82 Å². The molecule has 1 aromatic carbocycles. The molecule has 0 bridgehead atoms. The molecular weight excluding hydrogens is 283 g/mol. The molecule has 1 aromatic heterocycles. The van der Waals surface area contributed by atoms with E-state index in [2.05, 4.69) is 15.1 Å². The molecule has 1 aliphatic rings. The van der Waals surface area contributed by atoms with Gasteiger partial charge in [-0.15, -0.1) is 0 Å². The standard InChI is InChI=1S/C13H14Cl2N4/c14-8-1-2-11(15)10(5-8)12-6-13(18-17-12)19-4-3-9(16)7-19/h1-2,5-6,9H,3-4,7,16H2,(H,17,18). The molecule has 3 rings (SSSR count). The predicted octanol–water partition coefficient (Wildman–Crippen LogP) is 2.92. The molecule has 2 aromatic rings. The largest absolute Gasteiger partial charge is 0.354 e. The minimum atomic E-state index is 0.231. The van der Waals surface area contributed by atoms with E-state index in [-0.39, 0.29) is 6.04 Å². The molecule has 1 atom stereocenters. The first-order valence-corrected chi connectivity index (χ1v) is 6.90. The van der Waals surface area contributed by atoms with Crippen LogP contribution < -0.4 is 10.6 Å². The molecule has 4 nitrogen and oxygen atoms in total. The number of benzene rings is 1. The summed E-state index contributed by atoms with van der Waals surface area (Å²) >= 11 is 12.2. The highest BCUT2D eigenvalue weighted by Crippen LogP contribution is 2.31. The molecule has 3 N–H and O–H groups in total. The maximum atomic E-state index is 6.18. The predicted molar refractivity (Wildman–Crippen MR) is 78.8 cm³/mol. The van der Waals surface area contributed by atoms with E-state index in [1.165, 1.54) is 0 Å². The second kappa shape index (κ2) is 5.04. The van der Waals surface area contributed by atoms with Gasteiger partial charge in [0.1, 0.15) is 0 Å². The summed E-state index contributed by atoms with van der Waals surface area (Å²) in [4.78, 5) is 2.17. The summed E-state index contributed by atoms with van der Waals surface area (Å²) in [5.41, 5.74) is 7.63. The van der Waals surface area contributed by atoms with Gasteiger partial charge in [-0.2, -0.15) is 5.10 Å². The smallest absolute Gasteiger partial charge is 0.151 e. The van der Waals surface area contributed by atoms with Gasteiger partial charge in [0.2, 0.25) is 0 Å². The summed E-state index contributed by atoms with van der Waals surface area (Å²) in [6.07, 6.45) is 1.00. The Hall–Kier alpha value is -1.23. The molecule has 1 unspecified atom stereocenters. The number of nitrogens with one attached hydrogen (secondary N) is 1. The number of aromatic nitrogens is 2. The van der Waals surface area contributed by atoms with Crippen molar-refractivity contribution in [2.24, 2.45) is 5.73 Å². The fourth-order valence-corrected chi connectivity index (χ4v) is 2.70. The number of halogens is 2. The zero-order valence-electron chi connectivity index (χ0n) is 10.2. The number of H-pyrrole nitrogens is 1. The molecule has 0 saturated carbocycles. The van der Waals surface area contributed by atoms with Crippen LogP contribution in [-0.2, 0) is 0 Å². The normalized spacial score (nSPS) is 19.1. The highest BCUT2D eigenvalue weighted by Gasteiger charge is 2.21. The number of nitrogens with zero attached hydrogens (tertiary/aromatic N) is 2. The van der Waals surface area contributed by atoms with Crippen molar-refractivity contribution in [3.63, 3.8) is 0 Å². The number of nitrogens with two attached hydrogens (primary N) is 1. The summed E-state index contributed by atoms with van der Waals surface area (Å²) < 4.78 is 0. The maximum absolute atomic E-state index is 6.18. The lowest BCUT2D eigenvalue weighted by Gasteiger charge is -2.13. The number of anilines is 1. The Balaban J connectivity index is 1.90. The Bertz CT molecular complexity index is 596. The van der Waals surface area contributed by atoms with Gasteiger partial charge in [0.15, 0.2) is 5.82 Å². The van der Waals surface area contributed by atoms with Crippen LogP contribution in [0.5, 0.6) is 0 Å². The van der Waals surface area contributed by atoms with E-state index in [0.29, 0.717) is 10.0 Å². The molecule has 0 aliphatic carbocycles. The summed E-state index contributed by atoms with van der Waals surface area (Å²) in [5.74, 6) is 0.902. The molecule has 2 heterocycles. The van der Waals surface area contributed by atoms with Gasteiger partial charge < -0.3 is 10.6 Å². The van der Waals surface area contributed by atoms with Crippen LogP contribution in [0.3, 0.4) is 0 Å². The monoisotopic (exact) mass is 296 g/mol. The first-order valence-electron chi connectivity index (χ1n) is 6.15. The van der Waals surface area contributed by atoms with Crippen molar-refractivity contribution in [1.82, 2.24) is 10.2 Å². The summed E-state index contributed by atoms with van der Waals surface area (Å²) in [5, 5.41) is 8.63. The van der Waals surface area contributed by atoms with Gasteiger partial charge in [0.25, 0.3) is 0 Å². The van der Waals surface area contributed by atoms with Crippen LogP contribution in [0.15, 0.2) is 24.3 Å². The lowest BCUT2D eigenvalue weighted by Crippen LogP contribution is -2.26. The van der Waals surface area contributed by atoms with Gasteiger partial charge in [-0.3, -0.25) is 5.10 Å². The van der Waals surface area contributed by atoms with Gasteiger partial charge in [0, 0.05) is 35.8 Å². The van der Waals surface area contributed by atoms with E-state index in [1.54, 1.807) is 12.1 Å². The van der Waals surface area contributed by atoms with E-state index in [1.807, 2.05) is 12.1 Å². The van der Waals surface area contributed by atoms with E-state index in [0.717, 1.165) is 36.6 Å². The van der Waals surface area contributed by atoms with E-state index in [9.17, 15) is 0 Å². The number of aromatic amines is 1. The second-order valence-corrected chi connectivity index (χ2v) is 5.60. The fourth-order valence-electron chi connectivity index (χ4n) is 2.31. The molecular formula is C13H14Cl2N4. The molecule has 1 saturated heterocycles. The number of hydrogen-bond acceptors (Lipinski definition) is 3. The van der Waals surface area contributed by atoms with E-state index in [4.69, 9.17) is 28.9 Å². The zero-order valence-corrected chi connectivity index (χ0v) is 11.7. The highest BCUT2D eigenvalue weighted by molar-refractivity contribution is 6.35. The van der Waals surface area contributed by atoms with Crippen molar-refractivity contribution >= 4 is 29.0 Å². The SMILES string of the molecule is NC1CCN(c2cc(-c3cc(Cl)ccc3Cl)[nH]n2)C1. The van der Waals surface area contributed by atoms with Crippen molar-refractivity contribution in [2.75, 3.05) is 18.0 Å². The number of rotatable bonds is 2. The zero-order chi connectivity index (χ0) is 13.4. The Morgan fingerprint density at radius 1 is 1.32 bits per heavy atom. The van der Waals surface area contributed by atoms with Gasteiger partial charge in [0.05, 0.1) is 10.7 Å². The Morgan fingerprint density at radius 2 is 2.16 bits per heavy atom. The van der Waals surface area contributed by atoms with Gasteiger partial charge >= 0.3 is 0 Å². The molecule has 6 heteroatoms. The summed E-state index contributed by atoms with van der Waals surface area (Å²) in [6, 6.07) is 7.59. The minimum absolute atomic E-state index is 0.231. The lowest BCUT2D eigenvalue weighted by atomic mass is 10.1. The quantitative estimate of drug-likeness (QED) is 0.896. The average molecular weight is 297 g/mol. The molecule has 0 amide bonds. The van der Waals surface area contributed by atoms with Crippen molar-refractivity contribution < 1.29 is 0 Å². The van der Waals surface area contributed by atoms with Gasteiger partial charge in [-0.25, -0.2) is 0 Å². The summed E-state index contributed by atoms with van der Waals surface area (Å²) in [7, 11) is 0. The van der Waals surface area contributed by atoms with Crippen molar-refractivity contribution in [3.8, 4) is 11.3 Å². The third kappa shape index (κ3) is 2.56. The molecule has 1 fully saturated rings. The highest BCUT2D eigenvalue weighted by atomic mass is 35.5. The fraction of sp³-hybridized carbons (Fsp3) is 0.308. The van der Waals surface area contributed by atoms with Crippen LogP contribution in [0, 0.1) is 0 Å². The first kappa shape index (κ1) is 12.8. The molecule has 1 aliphatic heterocycles. The van der Waals surface area contributed by atoms with Crippen molar-refractivity contribution in [2.45, 2.75) is 12.5 Å². The van der Waals surface area contributed by atoms with Crippen LogP contribution in [0.1, 0.15) is 6.42 Å². The topological polar surface area (TPSA) is 57.9 Å². The second-order valence-electron chi connectivity index (χ2n) is 4.76. The molecule has 0 spiro atoms. The average Bonchev–Trinajstić information content (AvgIpc) is 3.00. The van der Waals surface area contributed by atoms with Crippen LogP contribution >= 0.6 is 23.2 Å². The van der Waals surface area contributed by atoms with Crippen LogP contribution in [0.2, 0.25) is 10.0 Å². The van der Waals surface area contributed by atoms with Gasteiger partial charge in [-0.1, -0.05) is 23.2 Å². The van der Waals surface area contributed by atoms with Crippen LogP contribution in [0.25, 0.3) is 11.3 Å². The Morgan fingerprint density at radius 3 is 2.89 bits per heavy atom. The van der Waals surface area contributed by atoms with E-state index >= 15 is 0 Å².